The van der Waals surface area contributed by atoms with E-state index in [4.69, 9.17) is 9.97 Å². The van der Waals surface area contributed by atoms with Crippen LogP contribution in [0.5, 0.6) is 0 Å². The van der Waals surface area contributed by atoms with Crippen LogP contribution in [-0.4, -0.2) is 66.2 Å². The van der Waals surface area contributed by atoms with Crippen LogP contribution in [0.15, 0.2) is 18.5 Å². The molecule has 9 nitrogen and oxygen atoms in total. The minimum absolute atomic E-state index is 0.408. The van der Waals surface area contributed by atoms with E-state index < -0.39 is 30.3 Å². The molecule has 3 aromatic heterocycles. The van der Waals surface area contributed by atoms with Gasteiger partial charge in [0.15, 0.2) is 0 Å². The molecule has 2 fully saturated rings. The maximum absolute atomic E-state index is 10.6. The molecule has 3 heterocycles. The monoisotopic (exact) mass is 456 g/mol. The molecule has 2 aliphatic carbocycles. The van der Waals surface area contributed by atoms with Gasteiger partial charge in [0.1, 0.15) is 22.4 Å². The minimum atomic E-state index is -1.01. The Balaban J connectivity index is 1.52. The van der Waals surface area contributed by atoms with Crippen LogP contribution in [0.25, 0.3) is 20.8 Å². The van der Waals surface area contributed by atoms with Crippen molar-refractivity contribution in [1.29, 1.82) is 0 Å². The van der Waals surface area contributed by atoms with E-state index in [0.717, 1.165) is 33.0 Å². The zero-order chi connectivity index (χ0) is 22.4. The number of rotatable bonds is 7. The van der Waals surface area contributed by atoms with Gasteiger partial charge in [0.2, 0.25) is 5.95 Å². The molecular formula is C22H28N6O3S. The summed E-state index contributed by atoms with van der Waals surface area (Å²) < 4.78 is 1.02. The predicted octanol–water partition coefficient (Wildman–Crippen LogP) is 2.18. The van der Waals surface area contributed by atoms with Crippen molar-refractivity contribution in [2.75, 3.05) is 17.2 Å². The van der Waals surface area contributed by atoms with Crippen molar-refractivity contribution in [3.8, 4) is 10.6 Å². The van der Waals surface area contributed by atoms with Crippen LogP contribution < -0.4 is 10.6 Å². The number of hydrogen-bond acceptors (Lipinski definition) is 10. The average Bonchev–Trinajstić information content (AvgIpc) is 3.43. The highest BCUT2D eigenvalue weighted by molar-refractivity contribution is 7.21. The molecule has 0 radical (unpaired) electrons. The van der Waals surface area contributed by atoms with Crippen LogP contribution in [0.2, 0.25) is 0 Å². The van der Waals surface area contributed by atoms with E-state index in [2.05, 4.69) is 20.6 Å². The number of aliphatic hydroxyl groups excluding tert-OH is 3. The molecule has 0 aromatic carbocycles. The molecule has 0 spiro atoms. The predicted molar refractivity (Wildman–Crippen MR) is 124 cm³/mol. The van der Waals surface area contributed by atoms with Crippen LogP contribution in [0, 0.1) is 18.8 Å². The highest BCUT2D eigenvalue weighted by Crippen LogP contribution is 2.38. The number of nitrogens with zero attached hydrogens (tertiary/aromatic N) is 4. The Bertz CT molecular complexity index is 1090. The van der Waals surface area contributed by atoms with Gasteiger partial charge in [-0.1, -0.05) is 0 Å². The highest BCUT2D eigenvalue weighted by Gasteiger charge is 2.44. The molecule has 0 aliphatic heterocycles. The topological polar surface area (TPSA) is 136 Å². The molecule has 5 N–H and O–H groups in total. The van der Waals surface area contributed by atoms with Gasteiger partial charge in [0.05, 0.1) is 40.4 Å². The summed E-state index contributed by atoms with van der Waals surface area (Å²) in [6.45, 7) is 4.39. The van der Waals surface area contributed by atoms with Gasteiger partial charge in [0, 0.05) is 18.7 Å². The largest absolute Gasteiger partial charge is 0.393 e. The van der Waals surface area contributed by atoms with E-state index in [0.29, 0.717) is 24.1 Å². The third-order valence-corrected chi connectivity index (χ3v) is 7.46. The van der Waals surface area contributed by atoms with Crippen molar-refractivity contribution in [2.24, 2.45) is 11.8 Å². The quantitative estimate of drug-likeness (QED) is 0.362. The Morgan fingerprint density at radius 3 is 2.69 bits per heavy atom. The lowest BCUT2D eigenvalue weighted by molar-refractivity contribution is -0.0162. The minimum Gasteiger partial charge on any atom is -0.393 e. The molecule has 0 bridgehead atoms. The third kappa shape index (κ3) is 4.15. The lowest BCUT2D eigenvalue weighted by atomic mass is 10.00. The van der Waals surface area contributed by atoms with E-state index in [-0.39, 0.29) is 0 Å². The van der Waals surface area contributed by atoms with E-state index in [1.807, 2.05) is 13.0 Å². The first-order chi connectivity index (χ1) is 15.4. The van der Waals surface area contributed by atoms with Crippen LogP contribution in [-0.2, 0) is 0 Å². The van der Waals surface area contributed by atoms with Gasteiger partial charge in [-0.3, -0.25) is 4.98 Å². The maximum atomic E-state index is 10.6. The van der Waals surface area contributed by atoms with E-state index in [9.17, 15) is 15.3 Å². The number of fused-ring (bicyclic) bond motifs is 1. The Labute approximate surface area is 190 Å². The Morgan fingerprint density at radius 1 is 1.19 bits per heavy atom. The van der Waals surface area contributed by atoms with E-state index in [1.165, 1.54) is 24.2 Å². The summed E-state index contributed by atoms with van der Waals surface area (Å²) in [6.07, 6.45) is 3.62. The molecule has 2 aliphatic rings. The van der Waals surface area contributed by atoms with Crippen molar-refractivity contribution in [1.82, 2.24) is 19.9 Å². The second-order valence-electron chi connectivity index (χ2n) is 8.92. The van der Waals surface area contributed by atoms with Gasteiger partial charge >= 0.3 is 0 Å². The Morgan fingerprint density at radius 2 is 2.00 bits per heavy atom. The number of nitrogens with one attached hydrogen (secondary N) is 2. The maximum Gasteiger partial charge on any atom is 0.224 e. The van der Waals surface area contributed by atoms with Gasteiger partial charge < -0.3 is 26.0 Å². The number of aliphatic hydroxyl groups is 3. The van der Waals surface area contributed by atoms with Crippen LogP contribution in [0.3, 0.4) is 0 Å². The summed E-state index contributed by atoms with van der Waals surface area (Å²) >= 11 is 1.53. The smallest absolute Gasteiger partial charge is 0.224 e. The molecule has 3 aromatic rings. The second kappa shape index (κ2) is 8.51. The van der Waals surface area contributed by atoms with Gasteiger partial charge in [-0.05, 0) is 45.1 Å². The van der Waals surface area contributed by atoms with Gasteiger partial charge in [0.25, 0.3) is 0 Å². The van der Waals surface area contributed by atoms with Crippen molar-refractivity contribution in [2.45, 2.75) is 57.5 Å². The van der Waals surface area contributed by atoms with Crippen molar-refractivity contribution < 1.29 is 15.3 Å². The van der Waals surface area contributed by atoms with Crippen LogP contribution in [0.4, 0.5) is 11.8 Å². The fourth-order valence-electron chi connectivity index (χ4n) is 4.32. The molecule has 5 atom stereocenters. The summed E-state index contributed by atoms with van der Waals surface area (Å²) in [5.74, 6) is 1.36. The number of hydrogen-bond donors (Lipinski definition) is 5. The number of anilines is 2. The average molecular weight is 457 g/mol. The third-order valence-electron chi connectivity index (χ3n) is 6.41. The summed E-state index contributed by atoms with van der Waals surface area (Å²) in [4.78, 5) is 18.3. The van der Waals surface area contributed by atoms with Crippen LogP contribution >= 0.6 is 11.3 Å². The lowest BCUT2D eigenvalue weighted by Gasteiger charge is -2.21. The summed E-state index contributed by atoms with van der Waals surface area (Å²) in [6, 6.07) is 1.47. The fraction of sp³-hybridized carbons (Fsp3) is 0.545. The zero-order valence-corrected chi connectivity index (χ0v) is 18.9. The normalized spacial score (nSPS) is 26.4. The molecule has 0 saturated heterocycles. The first kappa shape index (κ1) is 21.4. The molecular weight excluding hydrogens is 428 g/mol. The fourth-order valence-corrected chi connectivity index (χ4v) is 5.35. The standard InChI is InChI=1S/C22H28N6O3S/c1-10-17(21-27-15-9-23-6-5-16(15)32-21)20(28-22(25-10)24-8-12-3-4-12)26-14-7-13(11(2)29)18(30)19(14)31/h5-6,9,11-14,18-19,29-31H,3-4,7-8H2,1-2H3,(H2,24,25,26,28)/t11?,13-,14-,18-,19+/m1/s1. The molecule has 5 rings (SSSR count). The first-order valence-electron chi connectivity index (χ1n) is 11.0. The van der Waals surface area contributed by atoms with Crippen molar-refractivity contribution >= 4 is 33.3 Å². The molecule has 170 valence electrons. The van der Waals surface area contributed by atoms with Crippen LogP contribution in [0.1, 0.15) is 31.9 Å². The van der Waals surface area contributed by atoms with Gasteiger partial charge in [-0.15, -0.1) is 11.3 Å². The summed E-state index contributed by atoms with van der Waals surface area (Å²) in [5.41, 5.74) is 2.34. The lowest BCUT2D eigenvalue weighted by Crippen LogP contribution is -2.36. The Kier molecular flexibility index (Phi) is 5.70. The molecule has 2 saturated carbocycles. The molecule has 32 heavy (non-hydrogen) atoms. The number of thiazole rings is 1. The zero-order valence-electron chi connectivity index (χ0n) is 18.1. The number of pyridine rings is 1. The molecule has 10 heteroatoms. The number of aromatic nitrogens is 4. The van der Waals surface area contributed by atoms with Gasteiger partial charge in [-0.2, -0.15) is 4.98 Å². The van der Waals surface area contributed by atoms with Crippen molar-refractivity contribution in [3.63, 3.8) is 0 Å². The second-order valence-corrected chi connectivity index (χ2v) is 9.95. The first-order valence-corrected chi connectivity index (χ1v) is 11.9. The number of aryl methyl sites for hydroxylation is 1. The molecule has 1 unspecified atom stereocenters. The molecule has 0 amide bonds. The van der Waals surface area contributed by atoms with Crippen molar-refractivity contribution in [3.05, 3.63) is 24.2 Å². The van der Waals surface area contributed by atoms with E-state index >= 15 is 0 Å². The highest BCUT2D eigenvalue weighted by atomic mass is 32.1. The summed E-state index contributed by atoms with van der Waals surface area (Å²) in [5, 5.41) is 38.5. The Hall–Kier alpha value is -2.40. The SMILES string of the molecule is Cc1nc(NCC2CC2)nc(N[C@@H]2C[C@H](C(C)O)[C@@H](O)[C@H]2O)c1-c1nc2cnccc2s1. The summed E-state index contributed by atoms with van der Waals surface area (Å²) in [7, 11) is 0. The van der Waals surface area contributed by atoms with E-state index in [1.54, 1.807) is 19.3 Å². The van der Waals surface area contributed by atoms with Gasteiger partial charge in [-0.25, -0.2) is 9.97 Å².